The standard InChI is InChI=1S/C22H25FOSi/c1-5-18-16-22(18,23)17-24-25(21(2,3)4,19-12-8-6-9-13-19)20-14-10-7-11-15-20/h1,6-15,18H,16-17H2,2-4H3/t18-,22-/m0/s1. The van der Waals surface area contributed by atoms with Crippen LogP contribution in [0.2, 0.25) is 5.04 Å². The largest absolute Gasteiger partial charge is 0.404 e. The SMILES string of the molecule is C#C[C@H]1C[C@]1(F)CO[Si](c1ccccc1)(c1ccccc1)C(C)(C)C. The van der Waals surface area contributed by atoms with Crippen LogP contribution in [0.15, 0.2) is 60.7 Å². The molecule has 3 heteroatoms. The van der Waals surface area contributed by atoms with Crippen molar-refractivity contribution in [2.75, 3.05) is 6.61 Å². The normalized spacial score (nSPS) is 23.1. The second kappa shape index (κ2) is 6.44. The monoisotopic (exact) mass is 352 g/mol. The van der Waals surface area contributed by atoms with Gasteiger partial charge in [0, 0.05) is 6.42 Å². The Labute approximate surface area is 151 Å². The molecule has 1 aliphatic carbocycles. The van der Waals surface area contributed by atoms with Crippen molar-refractivity contribution in [3.05, 3.63) is 60.7 Å². The quantitative estimate of drug-likeness (QED) is 0.585. The van der Waals surface area contributed by atoms with Gasteiger partial charge in [0.15, 0.2) is 0 Å². The summed E-state index contributed by atoms with van der Waals surface area (Å²) in [5.74, 6) is 2.23. The first-order valence-electron chi connectivity index (χ1n) is 8.73. The van der Waals surface area contributed by atoms with Crippen LogP contribution in [0, 0.1) is 18.3 Å². The summed E-state index contributed by atoms with van der Waals surface area (Å²) in [6.07, 6.45) is 5.83. The van der Waals surface area contributed by atoms with Gasteiger partial charge in [0.2, 0.25) is 0 Å². The zero-order chi connectivity index (χ0) is 18.1. The van der Waals surface area contributed by atoms with E-state index < -0.39 is 14.0 Å². The smallest absolute Gasteiger partial charge is 0.261 e. The zero-order valence-corrected chi connectivity index (χ0v) is 16.1. The van der Waals surface area contributed by atoms with Crippen molar-refractivity contribution in [3.8, 4) is 12.3 Å². The van der Waals surface area contributed by atoms with Crippen molar-refractivity contribution >= 4 is 18.7 Å². The summed E-state index contributed by atoms with van der Waals surface area (Å²) in [5, 5.41) is 2.18. The summed E-state index contributed by atoms with van der Waals surface area (Å²) in [4.78, 5) is 0. The van der Waals surface area contributed by atoms with Crippen LogP contribution in [0.1, 0.15) is 27.2 Å². The van der Waals surface area contributed by atoms with E-state index in [1.165, 1.54) is 0 Å². The van der Waals surface area contributed by atoms with E-state index in [2.05, 4.69) is 51.0 Å². The van der Waals surface area contributed by atoms with Crippen LogP contribution in [0.5, 0.6) is 0 Å². The lowest BCUT2D eigenvalue weighted by molar-refractivity contribution is 0.161. The number of rotatable bonds is 5. The molecule has 0 aliphatic heterocycles. The molecular weight excluding hydrogens is 327 g/mol. The van der Waals surface area contributed by atoms with E-state index in [9.17, 15) is 4.39 Å². The molecule has 0 radical (unpaired) electrons. The number of hydrogen-bond donors (Lipinski definition) is 0. The maximum absolute atomic E-state index is 14.9. The molecule has 0 bridgehead atoms. The number of terminal acetylenes is 1. The third-order valence-corrected chi connectivity index (χ3v) is 10.1. The second-order valence-electron chi connectivity index (χ2n) is 7.91. The van der Waals surface area contributed by atoms with Crippen LogP contribution in [0.4, 0.5) is 4.39 Å². The predicted octanol–water partition coefficient (Wildman–Crippen LogP) is 3.92. The number of benzene rings is 2. The Bertz CT molecular complexity index is 721. The first-order chi connectivity index (χ1) is 11.8. The lowest BCUT2D eigenvalue weighted by Gasteiger charge is -2.43. The average molecular weight is 353 g/mol. The molecule has 130 valence electrons. The minimum absolute atomic E-state index is 0.0646. The van der Waals surface area contributed by atoms with Gasteiger partial charge >= 0.3 is 0 Å². The summed E-state index contributed by atoms with van der Waals surface area (Å²) < 4.78 is 21.5. The molecular formula is C22H25FOSi. The Morgan fingerprint density at radius 3 is 1.92 bits per heavy atom. The van der Waals surface area contributed by atoms with Gasteiger partial charge < -0.3 is 4.43 Å². The van der Waals surface area contributed by atoms with Crippen LogP contribution < -0.4 is 10.4 Å². The Kier molecular flexibility index (Phi) is 4.61. The van der Waals surface area contributed by atoms with Gasteiger partial charge in [-0.05, 0) is 15.4 Å². The highest BCUT2D eigenvalue weighted by Crippen LogP contribution is 2.48. The molecule has 1 nitrogen and oxygen atoms in total. The van der Waals surface area contributed by atoms with Gasteiger partial charge in [-0.15, -0.1) is 6.42 Å². The molecule has 2 atom stereocenters. The summed E-state index contributed by atoms with van der Waals surface area (Å²) in [6.45, 7) is 6.64. The van der Waals surface area contributed by atoms with Crippen molar-refractivity contribution in [1.82, 2.24) is 0 Å². The van der Waals surface area contributed by atoms with E-state index in [1.54, 1.807) is 0 Å². The molecule has 0 amide bonds. The zero-order valence-electron chi connectivity index (χ0n) is 15.1. The molecule has 1 fully saturated rings. The third-order valence-electron chi connectivity index (χ3n) is 5.15. The predicted molar refractivity (Wildman–Crippen MR) is 104 cm³/mol. The topological polar surface area (TPSA) is 9.23 Å². The fourth-order valence-corrected chi connectivity index (χ4v) is 8.25. The summed E-state index contributed by atoms with van der Waals surface area (Å²) in [7, 11) is -2.67. The maximum Gasteiger partial charge on any atom is 0.261 e. The van der Waals surface area contributed by atoms with Gasteiger partial charge in [0.1, 0.15) is 5.67 Å². The number of alkyl halides is 1. The van der Waals surface area contributed by atoms with Crippen molar-refractivity contribution in [1.29, 1.82) is 0 Å². The highest BCUT2D eigenvalue weighted by molar-refractivity contribution is 6.99. The van der Waals surface area contributed by atoms with E-state index in [1.807, 2.05) is 36.4 Å². The van der Waals surface area contributed by atoms with Crippen LogP contribution in [0.3, 0.4) is 0 Å². The van der Waals surface area contributed by atoms with Crippen LogP contribution in [0.25, 0.3) is 0 Å². The number of halogens is 1. The average Bonchev–Trinajstić information content (AvgIpc) is 3.27. The summed E-state index contributed by atoms with van der Waals surface area (Å²) in [6, 6.07) is 20.6. The molecule has 3 rings (SSSR count). The summed E-state index contributed by atoms with van der Waals surface area (Å²) in [5.41, 5.74) is -1.37. The molecule has 0 N–H and O–H groups in total. The van der Waals surface area contributed by atoms with Gasteiger partial charge in [-0.2, -0.15) is 0 Å². The summed E-state index contributed by atoms with van der Waals surface area (Å²) >= 11 is 0. The Morgan fingerprint density at radius 2 is 1.56 bits per heavy atom. The van der Waals surface area contributed by atoms with Gasteiger partial charge in [0.25, 0.3) is 8.32 Å². The van der Waals surface area contributed by atoms with Gasteiger partial charge in [0.05, 0.1) is 12.5 Å². The molecule has 0 unspecified atom stereocenters. The molecule has 25 heavy (non-hydrogen) atoms. The molecule has 0 heterocycles. The minimum Gasteiger partial charge on any atom is -0.404 e. The van der Waals surface area contributed by atoms with E-state index in [4.69, 9.17) is 10.8 Å². The van der Waals surface area contributed by atoms with Gasteiger partial charge in [-0.1, -0.05) is 87.4 Å². The molecule has 0 saturated heterocycles. The Hall–Kier alpha value is -1.89. The lowest BCUT2D eigenvalue weighted by Crippen LogP contribution is -2.67. The second-order valence-corrected chi connectivity index (χ2v) is 12.2. The molecule has 0 spiro atoms. The van der Waals surface area contributed by atoms with Gasteiger partial charge in [-0.25, -0.2) is 4.39 Å². The molecule has 2 aromatic carbocycles. The Morgan fingerprint density at radius 1 is 1.08 bits per heavy atom. The maximum atomic E-state index is 14.9. The molecule has 0 aromatic heterocycles. The van der Waals surface area contributed by atoms with Crippen LogP contribution >= 0.6 is 0 Å². The fourth-order valence-electron chi connectivity index (χ4n) is 3.64. The van der Waals surface area contributed by atoms with E-state index in [0.717, 1.165) is 10.4 Å². The van der Waals surface area contributed by atoms with Crippen molar-refractivity contribution in [2.45, 2.75) is 37.9 Å². The van der Waals surface area contributed by atoms with E-state index in [-0.39, 0.29) is 17.6 Å². The Balaban J connectivity index is 2.08. The van der Waals surface area contributed by atoms with E-state index in [0.29, 0.717) is 6.42 Å². The molecule has 1 saturated carbocycles. The fraction of sp³-hybridized carbons (Fsp3) is 0.364. The van der Waals surface area contributed by atoms with Crippen molar-refractivity contribution in [2.24, 2.45) is 5.92 Å². The van der Waals surface area contributed by atoms with Gasteiger partial charge in [-0.3, -0.25) is 0 Å². The lowest BCUT2D eigenvalue weighted by atomic mass is 10.2. The highest BCUT2D eigenvalue weighted by atomic mass is 28.4. The van der Waals surface area contributed by atoms with E-state index >= 15 is 0 Å². The highest BCUT2D eigenvalue weighted by Gasteiger charge is 2.58. The first-order valence-corrected chi connectivity index (χ1v) is 10.6. The molecule has 1 aliphatic rings. The number of hydrogen-bond acceptors (Lipinski definition) is 1. The third kappa shape index (κ3) is 3.17. The van der Waals surface area contributed by atoms with Crippen LogP contribution in [-0.4, -0.2) is 20.6 Å². The van der Waals surface area contributed by atoms with Crippen LogP contribution in [-0.2, 0) is 4.43 Å². The first kappa shape index (κ1) is 17.9. The molecule has 2 aromatic rings. The van der Waals surface area contributed by atoms with Crippen molar-refractivity contribution < 1.29 is 8.82 Å². The minimum atomic E-state index is -2.67. The van der Waals surface area contributed by atoms with Crippen molar-refractivity contribution in [3.63, 3.8) is 0 Å².